The molecule has 0 amide bonds. The average Bonchev–Trinajstić information content (AvgIpc) is 3.10. The van der Waals surface area contributed by atoms with Gasteiger partial charge in [0.2, 0.25) is 0 Å². The smallest absolute Gasteiger partial charge is 0.180 e. The Morgan fingerprint density at radius 3 is 2.92 bits per heavy atom. The van der Waals surface area contributed by atoms with Gasteiger partial charge in [-0.15, -0.1) is 0 Å². The molecule has 1 aliphatic carbocycles. The van der Waals surface area contributed by atoms with Gasteiger partial charge in [0.05, 0.1) is 5.69 Å². The molecule has 0 radical (unpaired) electrons. The van der Waals surface area contributed by atoms with Crippen LogP contribution in [0.3, 0.4) is 0 Å². The third kappa shape index (κ3) is 3.40. The molecule has 5 heteroatoms. The monoisotopic (exact) mass is 321 g/mol. The predicted octanol–water partition coefficient (Wildman–Crippen LogP) is 3.86. The van der Waals surface area contributed by atoms with Gasteiger partial charge in [-0.2, -0.15) is 0 Å². The summed E-state index contributed by atoms with van der Waals surface area (Å²) in [5, 5.41) is 3.43. The van der Waals surface area contributed by atoms with E-state index in [1.54, 1.807) is 6.20 Å². The van der Waals surface area contributed by atoms with Crippen LogP contribution in [-0.4, -0.2) is 19.4 Å². The summed E-state index contributed by atoms with van der Waals surface area (Å²) in [7, 11) is 0. The minimum absolute atomic E-state index is 0.705. The Morgan fingerprint density at radius 1 is 1.17 bits per heavy atom. The molecule has 0 spiro atoms. The van der Waals surface area contributed by atoms with Crippen LogP contribution in [0.15, 0.2) is 43.1 Å². The molecule has 3 aromatic rings. The fourth-order valence-corrected chi connectivity index (χ4v) is 3.58. The SMILES string of the molecule is c1cncc(CNc2nc(CC3CCCCC3)cn3ccnc23)c1. The molecule has 1 fully saturated rings. The van der Waals surface area contributed by atoms with E-state index < -0.39 is 0 Å². The summed E-state index contributed by atoms with van der Waals surface area (Å²) in [5.41, 5.74) is 3.18. The van der Waals surface area contributed by atoms with Gasteiger partial charge in [-0.05, 0) is 24.0 Å². The van der Waals surface area contributed by atoms with Gasteiger partial charge in [-0.25, -0.2) is 9.97 Å². The van der Waals surface area contributed by atoms with E-state index in [9.17, 15) is 0 Å². The van der Waals surface area contributed by atoms with E-state index in [2.05, 4.69) is 31.9 Å². The minimum atomic E-state index is 0.705. The molecule has 24 heavy (non-hydrogen) atoms. The second kappa shape index (κ2) is 6.99. The number of hydrogen-bond acceptors (Lipinski definition) is 4. The Labute approximate surface area is 142 Å². The normalized spacial score (nSPS) is 15.7. The number of pyridine rings is 1. The van der Waals surface area contributed by atoms with Crippen molar-refractivity contribution in [3.05, 3.63) is 54.4 Å². The van der Waals surface area contributed by atoms with Crippen LogP contribution in [0.4, 0.5) is 5.82 Å². The number of nitrogens with zero attached hydrogens (tertiary/aromatic N) is 4. The summed E-state index contributed by atoms with van der Waals surface area (Å²) in [4.78, 5) is 13.5. The summed E-state index contributed by atoms with van der Waals surface area (Å²) in [6.07, 6.45) is 17.5. The molecule has 0 aliphatic heterocycles. The zero-order chi connectivity index (χ0) is 16.2. The Kier molecular flexibility index (Phi) is 4.40. The van der Waals surface area contributed by atoms with Crippen LogP contribution in [0.1, 0.15) is 43.4 Å². The maximum absolute atomic E-state index is 4.87. The number of aromatic nitrogens is 4. The lowest BCUT2D eigenvalue weighted by atomic mass is 9.86. The first-order valence-corrected chi connectivity index (χ1v) is 8.84. The number of anilines is 1. The topological polar surface area (TPSA) is 55.1 Å². The van der Waals surface area contributed by atoms with Crippen molar-refractivity contribution < 1.29 is 0 Å². The van der Waals surface area contributed by atoms with Gasteiger partial charge in [0.25, 0.3) is 0 Å². The fourth-order valence-electron chi connectivity index (χ4n) is 3.58. The van der Waals surface area contributed by atoms with E-state index in [0.717, 1.165) is 35.1 Å². The number of fused-ring (bicyclic) bond motifs is 1. The number of rotatable bonds is 5. The van der Waals surface area contributed by atoms with Crippen LogP contribution in [0.25, 0.3) is 5.65 Å². The summed E-state index contributed by atoms with van der Waals surface area (Å²) in [6.45, 7) is 0.705. The van der Waals surface area contributed by atoms with Crippen molar-refractivity contribution >= 4 is 11.5 Å². The molecule has 1 aliphatic rings. The van der Waals surface area contributed by atoms with E-state index in [-0.39, 0.29) is 0 Å². The maximum Gasteiger partial charge on any atom is 0.180 e. The molecule has 0 atom stereocenters. The average molecular weight is 321 g/mol. The van der Waals surface area contributed by atoms with Crippen molar-refractivity contribution in [1.82, 2.24) is 19.4 Å². The van der Waals surface area contributed by atoms with Crippen LogP contribution in [-0.2, 0) is 13.0 Å². The molecule has 4 rings (SSSR count). The molecular weight excluding hydrogens is 298 g/mol. The highest BCUT2D eigenvalue weighted by Gasteiger charge is 2.16. The lowest BCUT2D eigenvalue weighted by molar-refractivity contribution is 0.354. The molecule has 3 heterocycles. The van der Waals surface area contributed by atoms with Crippen LogP contribution >= 0.6 is 0 Å². The van der Waals surface area contributed by atoms with E-state index in [1.165, 1.54) is 32.1 Å². The molecule has 5 nitrogen and oxygen atoms in total. The minimum Gasteiger partial charge on any atom is -0.363 e. The molecule has 0 aromatic carbocycles. The van der Waals surface area contributed by atoms with Crippen molar-refractivity contribution in [2.24, 2.45) is 5.92 Å². The first-order chi connectivity index (χ1) is 11.9. The Morgan fingerprint density at radius 2 is 2.08 bits per heavy atom. The highest BCUT2D eigenvalue weighted by Crippen LogP contribution is 2.27. The third-order valence-electron chi connectivity index (χ3n) is 4.83. The van der Waals surface area contributed by atoms with Gasteiger partial charge in [0, 0.05) is 37.5 Å². The molecule has 1 N–H and O–H groups in total. The van der Waals surface area contributed by atoms with Crippen LogP contribution < -0.4 is 5.32 Å². The van der Waals surface area contributed by atoms with Crippen LogP contribution in [0, 0.1) is 5.92 Å². The quantitative estimate of drug-likeness (QED) is 0.775. The highest BCUT2D eigenvalue weighted by atomic mass is 15.1. The van der Waals surface area contributed by atoms with E-state index in [4.69, 9.17) is 4.98 Å². The second-order valence-electron chi connectivity index (χ2n) is 6.66. The van der Waals surface area contributed by atoms with E-state index in [1.807, 2.05) is 24.7 Å². The Balaban J connectivity index is 1.55. The predicted molar refractivity (Wildman–Crippen MR) is 94.8 cm³/mol. The van der Waals surface area contributed by atoms with Crippen LogP contribution in [0.2, 0.25) is 0 Å². The van der Waals surface area contributed by atoms with Gasteiger partial charge >= 0.3 is 0 Å². The largest absolute Gasteiger partial charge is 0.363 e. The first-order valence-electron chi connectivity index (χ1n) is 8.84. The molecule has 1 saturated carbocycles. The Bertz CT molecular complexity index is 790. The third-order valence-corrected chi connectivity index (χ3v) is 4.83. The first kappa shape index (κ1) is 15.1. The van der Waals surface area contributed by atoms with Crippen LogP contribution in [0.5, 0.6) is 0 Å². The van der Waals surface area contributed by atoms with Crippen molar-refractivity contribution in [2.45, 2.75) is 45.1 Å². The maximum atomic E-state index is 4.87. The van der Waals surface area contributed by atoms with Gasteiger partial charge < -0.3 is 9.72 Å². The second-order valence-corrected chi connectivity index (χ2v) is 6.66. The van der Waals surface area contributed by atoms with Crippen molar-refractivity contribution in [3.63, 3.8) is 0 Å². The number of nitrogens with one attached hydrogen (secondary N) is 1. The molecule has 0 saturated heterocycles. The van der Waals surface area contributed by atoms with E-state index >= 15 is 0 Å². The molecule has 124 valence electrons. The van der Waals surface area contributed by atoms with Crippen molar-refractivity contribution in [3.8, 4) is 0 Å². The van der Waals surface area contributed by atoms with E-state index in [0.29, 0.717) is 6.54 Å². The van der Waals surface area contributed by atoms with Gasteiger partial charge in [-0.1, -0.05) is 38.2 Å². The van der Waals surface area contributed by atoms with Gasteiger partial charge in [-0.3, -0.25) is 4.98 Å². The lowest BCUT2D eigenvalue weighted by Crippen LogP contribution is -2.12. The number of hydrogen-bond donors (Lipinski definition) is 1. The van der Waals surface area contributed by atoms with Gasteiger partial charge in [0.1, 0.15) is 0 Å². The zero-order valence-electron chi connectivity index (χ0n) is 13.9. The summed E-state index contributed by atoms with van der Waals surface area (Å²) >= 11 is 0. The van der Waals surface area contributed by atoms with Crippen molar-refractivity contribution in [1.29, 1.82) is 0 Å². The van der Waals surface area contributed by atoms with Crippen molar-refractivity contribution in [2.75, 3.05) is 5.32 Å². The highest BCUT2D eigenvalue weighted by molar-refractivity contribution is 5.62. The molecule has 0 bridgehead atoms. The standard InChI is InChI=1S/C19H23N5/c1-2-5-15(6-3-1)11-17-14-24-10-9-21-19(24)18(23-17)22-13-16-7-4-8-20-12-16/h4,7-10,12,14-15H,1-3,5-6,11,13H2,(H,22,23). The summed E-state index contributed by atoms with van der Waals surface area (Å²) in [6, 6.07) is 4.02. The Hall–Kier alpha value is -2.43. The zero-order valence-corrected chi connectivity index (χ0v) is 13.9. The fraction of sp³-hybridized carbons (Fsp3) is 0.421. The summed E-state index contributed by atoms with van der Waals surface area (Å²) in [5.74, 6) is 1.63. The number of imidazole rings is 1. The summed E-state index contributed by atoms with van der Waals surface area (Å²) < 4.78 is 2.08. The lowest BCUT2D eigenvalue weighted by Gasteiger charge is -2.21. The molecule has 0 unspecified atom stereocenters. The van der Waals surface area contributed by atoms with Gasteiger partial charge in [0.15, 0.2) is 11.5 Å². The molecular formula is C19H23N5. The molecule has 3 aromatic heterocycles.